The Hall–Kier alpha value is -1.85. The normalized spacial score (nSPS) is 36.8. The third-order valence-electron chi connectivity index (χ3n) is 7.07. The SMILES string of the molecule is CC(C)C(=O)c1cc(O)c2c3c1C[C@@H]1[C@@H]4C=C[C@H](O)[C@H](O2)[C@]34CCN1C. The second-order valence-electron chi connectivity index (χ2n) is 8.63. The Kier molecular flexibility index (Phi) is 3.21. The number of phenols is 1. The molecule has 5 atom stereocenters. The summed E-state index contributed by atoms with van der Waals surface area (Å²) >= 11 is 0. The van der Waals surface area contributed by atoms with Crippen LogP contribution in [0.3, 0.4) is 0 Å². The number of carbonyl (C=O) groups excluding carboxylic acids is 1. The van der Waals surface area contributed by atoms with Gasteiger partial charge in [0, 0.05) is 34.4 Å². The second kappa shape index (κ2) is 5.11. The molecule has 1 aromatic rings. The summed E-state index contributed by atoms with van der Waals surface area (Å²) in [4.78, 5) is 15.3. The monoisotopic (exact) mass is 355 g/mol. The molecule has 0 aromatic heterocycles. The minimum absolute atomic E-state index is 0.0276. The van der Waals surface area contributed by atoms with Crippen molar-refractivity contribution in [3.63, 3.8) is 0 Å². The Morgan fingerprint density at radius 1 is 1.38 bits per heavy atom. The molecule has 1 spiro atoms. The maximum absolute atomic E-state index is 12.9. The number of aliphatic hydroxyl groups is 1. The van der Waals surface area contributed by atoms with Gasteiger partial charge in [-0.1, -0.05) is 26.0 Å². The Morgan fingerprint density at radius 3 is 2.88 bits per heavy atom. The predicted octanol–water partition coefficient (Wildman–Crippen LogP) is 2.04. The number of benzene rings is 1. The number of likely N-dealkylation sites (tertiary alicyclic amines) is 1. The molecule has 5 nitrogen and oxygen atoms in total. The first kappa shape index (κ1) is 16.3. The summed E-state index contributed by atoms with van der Waals surface area (Å²) in [6.07, 6.45) is 4.52. The number of carbonyl (C=O) groups is 1. The molecule has 2 N–H and O–H groups in total. The summed E-state index contributed by atoms with van der Waals surface area (Å²) in [5.41, 5.74) is 2.29. The topological polar surface area (TPSA) is 70.0 Å². The summed E-state index contributed by atoms with van der Waals surface area (Å²) in [5, 5.41) is 21.3. The fraction of sp³-hybridized carbons (Fsp3) is 0.571. The molecule has 2 bridgehead atoms. The van der Waals surface area contributed by atoms with Crippen molar-refractivity contribution in [2.24, 2.45) is 11.8 Å². The van der Waals surface area contributed by atoms with Crippen LogP contribution < -0.4 is 4.74 Å². The van der Waals surface area contributed by atoms with Crippen molar-refractivity contribution in [3.05, 3.63) is 34.9 Å². The van der Waals surface area contributed by atoms with Gasteiger partial charge in [-0.25, -0.2) is 0 Å². The first-order chi connectivity index (χ1) is 12.4. The van der Waals surface area contributed by atoms with Gasteiger partial charge in [-0.3, -0.25) is 4.79 Å². The number of aliphatic hydroxyl groups excluding tert-OH is 1. The van der Waals surface area contributed by atoms with Crippen molar-refractivity contribution < 1.29 is 19.7 Å². The van der Waals surface area contributed by atoms with Crippen LogP contribution >= 0.6 is 0 Å². The van der Waals surface area contributed by atoms with Crippen LogP contribution in [0, 0.1) is 11.8 Å². The third-order valence-corrected chi connectivity index (χ3v) is 7.07. The van der Waals surface area contributed by atoms with Crippen LogP contribution in [-0.4, -0.2) is 52.7 Å². The highest BCUT2D eigenvalue weighted by molar-refractivity contribution is 6.00. The van der Waals surface area contributed by atoms with E-state index in [1.165, 1.54) is 0 Å². The lowest BCUT2D eigenvalue weighted by Gasteiger charge is -2.56. The maximum atomic E-state index is 12.9. The van der Waals surface area contributed by atoms with Gasteiger partial charge in [0.2, 0.25) is 0 Å². The lowest BCUT2D eigenvalue weighted by atomic mass is 9.53. The van der Waals surface area contributed by atoms with Gasteiger partial charge in [-0.05, 0) is 38.1 Å². The summed E-state index contributed by atoms with van der Waals surface area (Å²) in [5.74, 6) is 0.670. The second-order valence-corrected chi connectivity index (χ2v) is 8.63. The molecule has 5 rings (SSSR count). The summed E-state index contributed by atoms with van der Waals surface area (Å²) < 4.78 is 6.17. The zero-order valence-electron chi connectivity index (χ0n) is 15.4. The van der Waals surface area contributed by atoms with Crippen LogP contribution in [0.4, 0.5) is 0 Å². The lowest BCUT2D eigenvalue weighted by Crippen LogP contribution is -2.64. The maximum Gasteiger partial charge on any atom is 0.165 e. The number of ketones is 1. The van der Waals surface area contributed by atoms with E-state index in [1.54, 1.807) is 6.07 Å². The Morgan fingerprint density at radius 2 is 2.15 bits per heavy atom. The highest BCUT2D eigenvalue weighted by Crippen LogP contribution is 2.63. The van der Waals surface area contributed by atoms with E-state index in [0.717, 1.165) is 30.5 Å². The molecular weight excluding hydrogens is 330 g/mol. The van der Waals surface area contributed by atoms with Gasteiger partial charge < -0.3 is 19.8 Å². The molecule has 1 aromatic carbocycles. The average molecular weight is 355 g/mol. The van der Waals surface area contributed by atoms with Gasteiger partial charge in [0.25, 0.3) is 0 Å². The standard InChI is InChI=1S/C21H25NO4/c1-10(2)18(25)12-9-16(24)19-17-11(12)8-14-13-4-5-15(23)20(26-19)21(13,17)6-7-22(14)3/h4-5,9-10,13-15,20,23-24H,6-8H2,1-3H3/t13-,14+,15-,20-,21-/m0/s1. The molecule has 5 heteroatoms. The van der Waals surface area contributed by atoms with Gasteiger partial charge in [-0.2, -0.15) is 0 Å². The largest absolute Gasteiger partial charge is 0.504 e. The van der Waals surface area contributed by atoms with Crippen molar-refractivity contribution in [1.29, 1.82) is 0 Å². The van der Waals surface area contributed by atoms with E-state index in [4.69, 9.17) is 4.74 Å². The molecular formula is C21H25NO4. The molecule has 2 aliphatic heterocycles. The van der Waals surface area contributed by atoms with Crippen LogP contribution in [0.2, 0.25) is 0 Å². The van der Waals surface area contributed by atoms with E-state index in [1.807, 2.05) is 19.9 Å². The number of Topliss-reactive ketones (excluding diaryl/α,β-unsaturated/α-hetero) is 1. The van der Waals surface area contributed by atoms with Crippen molar-refractivity contribution in [2.75, 3.05) is 13.6 Å². The minimum atomic E-state index is -0.697. The number of piperidine rings is 1. The number of hydrogen-bond donors (Lipinski definition) is 2. The van der Waals surface area contributed by atoms with Gasteiger partial charge >= 0.3 is 0 Å². The smallest absolute Gasteiger partial charge is 0.165 e. The van der Waals surface area contributed by atoms with E-state index < -0.39 is 12.2 Å². The van der Waals surface area contributed by atoms with Gasteiger partial charge in [0.1, 0.15) is 12.2 Å². The number of nitrogens with zero attached hydrogens (tertiary/aromatic N) is 1. The first-order valence-corrected chi connectivity index (χ1v) is 9.53. The molecule has 0 amide bonds. The molecule has 138 valence electrons. The van der Waals surface area contributed by atoms with E-state index >= 15 is 0 Å². The van der Waals surface area contributed by atoms with Crippen LogP contribution in [-0.2, 0) is 11.8 Å². The summed E-state index contributed by atoms with van der Waals surface area (Å²) in [6.45, 7) is 4.70. The highest BCUT2D eigenvalue weighted by Gasteiger charge is 2.64. The van der Waals surface area contributed by atoms with Crippen LogP contribution in [0.1, 0.15) is 41.8 Å². The Balaban J connectivity index is 1.83. The summed E-state index contributed by atoms with van der Waals surface area (Å²) in [7, 11) is 2.14. The predicted molar refractivity (Wildman–Crippen MR) is 96.7 cm³/mol. The van der Waals surface area contributed by atoms with E-state index in [9.17, 15) is 15.0 Å². The molecule has 1 saturated heterocycles. The molecule has 0 unspecified atom stereocenters. The van der Waals surface area contributed by atoms with Gasteiger partial charge in [-0.15, -0.1) is 0 Å². The van der Waals surface area contributed by atoms with Crippen molar-refractivity contribution >= 4 is 5.78 Å². The van der Waals surface area contributed by atoms with E-state index in [-0.39, 0.29) is 34.8 Å². The fourth-order valence-electron chi connectivity index (χ4n) is 5.85. The number of ether oxygens (including phenoxy) is 1. The van der Waals surface area contributed by atoms with E-state index in [0.29, 0.717) is 11.3 Å². The number of phenolic OH excluding ortho intramolecular Hbond substituents is 1. The van der Waals surface area contributed by atoms with Crippen LogP contribution in [0.25, 0.3) is 0 Å². The number of hydrogen-bond acceptors (Lipinski definition) is 5. The quantitative estimate of drug-likeness (QED) is 0.628. The number of likely N-dealkylation sites (N-methyl/N-ethyl adjacent to an activating group) is 1. The van der Waals surface area contributed by atoms with Crippen molar-refractivity contribution in [2.45, 2.75) is 50.4 Å². The molecule has 26 heavy (non-hydrogen) atoms. The molecule has 1 fully saturated rings. The first-order valence-electron chi connectivity index (χ1n) is 9.53. The van der Waals surface area contributed by atoms with E-state index in [2.05, 4.69) is 18.0 Å². The van der Waals surface area contributed by atoms with Crippen LogP contribution in [0.5, 0.6) is 11.5 Å². The zero-order chi connectivity index (χ0) is 18.4. The number of aromatic hydroxyl groups is 1. The lowest BCUT2D eigenvalue weighted by molar-refractivity contribution is -0.0453. The van der Waals surface area contributed by atoms with Crippen molar-refractivity contribution in [1.82, 2.24) is 4.90 Å². The van der Waals surface area contributed by atoms with Gasteiger partial charge in [0.15, 0.2) is 17.3 Å². The molecule has 4 aliphatic rings. The average Bonchev–Trinajstić information content (AvgIpc) is 2.96. The van der Waals surface area contributed by atoms with Gasteiger partial charge in [0.05, 0.1) is 0 Å². The molecule has 2 aliphatic carbocycles. The number of rotatable bonds is 2. The summed E-state index contributed by atoms with van der Waals surface area (Å²) in [6, 6.07) is 1.86. The molecule has 0 radical (unpaired) electrons. The van der Waals surface area contributed by atoms with Crippen LogP contribution in [0.15, 0.2) is 18.2 Å². The third kappa shape index (κ3) is 1.75. The Bertz CT molecular complexity index is 845. The minimum Gasteiger partial charge on any atom is -0.504 e. The zero-order valence-corrected chi connectivity index (χ0v) is 15.4. The molecule has 2 heterocycles. The molecule has 0 saturated carbocycles. The highest BCUT2D eigenvalue weighted by atomic mass is 16.5. The Labute approximate surface area is 153 Å². The fourth-order valence-corrected chi connectivity index (χ4v) is 5.85. The van der Waals surface area contributed by atoms with Crippen molar-refractivity contribution in [3.8, 4) is 11.5 Å².